The van der Waals surface area contributed by atoms with Gasteiger partial charge >= 0.3 is 0 Å². The van der Waals surface area contributed by atoms with E-state index in [-0.39, 0.29) is 0 Å². The van der Waals surface area contributed by atoms with Gasteiger partial charge in [-0.3, -0.25) is 10.2 Å². The number of benzene rings is 4. The lowest BCUT2D eigenvalue weighted by Crippen LogP contribution is -2.09. The van der Waals surface area contributed by atoms with Crippen molar-refractivity contribution < 1.29 is 9.47 Å². The summed E-state index contributed by atoms with van der Waals surface area (Å²) in [7, 11) is 3.31. The molecule has 0 radical (unpaired) electrons. The summed E-state index contributed by atoms with van der Waals surface area (Å²) in [5.41, 5.74) is 8.95. The average Bonchev–Trinajstić information content (AvgIpc) is 3.78. The highest BCUT2D eigenvalue weighted by atomic mass is 16.5. The Labute approximate surface area is 256 Å². The van der Waals surface area contributed by atoms with Crippen molar-refractivity contribution in [3.63, 3.8) is 0 Å². The van der Waals surface area contributed by atoms with Gasteiger partial charge in [-0.1, -0.05) is 60.7 Å². The van der Waals surface area contributed by atoms with E-state index in [9.17, 15) is 0 Å². The molecule has 0 aliphatic rings. The van der Waals surface area contributed by atoms with E-state index in [1.807, 2.05) is 97.1 Å². The standard InChI is InChI=1S/C36H32N6O2/c1-43-29-17-13-27(14-18-29)31-23-35(41-37-31)33(21-25-9-5-3-6-10-25)39-40-34(22-26-11-7-4-8-12-26)36-24-32(38-42-36)28-15-19-30(44-2)20-16-28/h3-20,23-24H,21-22H2,1-2H3,(H,37,41)(H,38,42)/b39-33+,40-34+. The third-order valence-corrected chi connectivity index (χ3v) is 7.27. The zero-order valence-corrected chi connectivity index (χ0v) is 24.6. The van der Waals surface area contributed by atoms with Gasteiger partial charge < -0.3 is 9.47 Å². The Morgan fingerprint density at radius 3 is 1.30 bits per heavy atom. The molecule has 0 fully saturated rings. The SMILES string of the molecule is COc1ccc(-c2cc(/C(Cc3ccccc3)=N/N=C(\Cc3ccccc3)c3cc(-c4ccc(OC)cc4)n[nH]3)[nH]n2)cc1. The van der Waals surface area contributed by atoms with Gasteiger partial charge in [-0.25, -0.2) is 0 Å². The molecule has 0 aliphatic heterocycles. The second kappa shape index (κ2) is 13.5. The molecule has 0 spiro atoms. The molecule has 0 atom stereocenters. The summed E-state index contributed by atoms with van der Waals surface area (Å²) in [6.07, 6.45) is 1.15. The molecule has 6 rings (SSSR count). The molecule has 44 heavy (non-hydrogen) atoms. The largest absolute Gasteiger partial charge is 0.497 e. The van der Waals surface area contributed by atoms with Crippen molar-refractivity contribution >= 4 is 11.4 Å². The summed E-state index contributed by atoms with van der Waals surface area (Å²) in [6, 6.07) is 40.1. The lowest BCUT2D eigenvalue weighted by atomic mass is 10.0. The number of hydrogen-bond acceptors (Lipinski definition) is 6. The van der Waals surface area contributed by atoms with Crippen molar-refractivity contribution in [3.8, 4) is 34.0 Å². The number of hydrogen-bond donors (Lipinski definition) is 2. The fourth-order valence-electron chi connectivity index (χ4n) is 4.83. The molecule has 6 aromatic rings. The maximum atomic E-state index is 5.31. The van der Waals surface area contributed by atoms with Gasteiger partial charge in [0.2, 0.25) is 0 Å². The van der Waals surface area contributed by atoms with Crippen molar-refractivity contribution in [2.24, 2.45) is 10.2 Å². The number of nitrogens with zero attached hydrogens (tertiary/aromatic N) is 4. The molecule has 2 N–H and O–H groups in total. The van der Waals surface area contributed by atoms with Crippen LogP contribution >= 0.6 is 0 Å². The first kappa shape index (κ1) is 28.4. The van der Waals surface area contributed by atoms with Gasteiger partial charge in [0.25, 0.3) is 0 Å². The van der Waals surface area contributed by atoms with Gasteiger partial charge in [-0.05, 0) is 71.8 Å². The minimum atomic E-state index is 0.577. The highest BCUT2D eigenvalue weighted by Gasteiger charge is 2.14. The molecule has 0 aliphatic carbocycles. The van der Waals surface area contributed by atoms with Crippen LogP contribution in [0.15, 0.2) is 132 Å². The second-order valence-electron chi connectivity index (χ2n) is 10.2. The van der Waals surface area contributed by atoms with Crippen LogP contribution in [-0.2, 0) is 12.8 Å². The summed E-state index contributed by atoms with van der Waals surface area (Å²) < 4.78 is 10.6. The molecule has 0 bridgehead atoms. The highest BCUT2D eigenvalue weighted by molar-refractivity contribution is 6.04. The van der Waals surface area contributed by atoms with Crippen LogP contribution < -0.4 is 9.47 Å². The minimum absolute atomic E-state index is 0.577. The van der Waals surface area contributed by atoms with Crippen molar-refractivity contribution in [2.75, 3.05) is 14.2 Å². The molecule has 2 heterocycles. The zero-order valence-electron chi connectivity index (χ0n) is 24.6. The number of aromatic nitrogens is 4. The quantitative estimate of drug-likeness (QED) is 0.125. The monoisotopic (exact) mass is 580 g/mol. The maximum Gasteiger partial charge on any atom is 0.118 e. The number of H-pyrrole nitrogens is 2. The number of methoxy groups -OCH3 is 2. The van der Waals surface area contributed by atoms with Gasteiger partial charge in [-0.15, -0.1) is 0 Å². The van der Waals surface area contributed by atoms with Gasteiger partial charge in [0, 0.05) is 24.0 Å². The summed E-state index contributed by atoms with van der Waals surface area (Å²) in [4.78, 5) is 0. The van der Waals surface area contributed by atoms with Crippen LogP contribution in [0.1, 0.15) is 22.5 Å². The highest BCUT2D eigenvalue weighted by Crippen LogP contribution is 2.24. The maximum absolute atomic E-state index is 5.31. The predicted molar refractivity (Wildman–Crippen MR) is 175 cm³/mol. The Hall–Kier alpha value is -5.76. The first-order chi connectivity index (χ1) is 21.7. The Kier molecular flexibility index (Phi) is 8.69. The van der Waals surface area contributed by atoms with Crippen molar-refractivity contribution in [2.45, 2.75) is 12.8 Å². The fourth-order valence-corrected chi connectivity index (χ4v) is 4.83. The fraction of sp³-hybridized carbons (Fsp3) is 0.111. The summed E-state index contributed by atoms with van der Waals surface area (Å²) >= 11 is 0. The molecule has 2 aromatic heterocycles. The van der Waals surface area contributed by atoms with E-state index < -0.39 is 0 Å². The van der Waals surface area contributed by atoms with E-state index in [0.29, 0.717) is 12.8 Å². The van der Waals surface area contributed by atoms with E-state index >= 15 is 0 Å². The molecule has 8 nitrogen and oxygen atoms in total. The third kappa shape index (κ3) is 6.82. The Balaban J connectivity index is 1.38. The van der Waals surface area contributed by atoms with Crippen LogP contribution in [0.3, 0.4) is 0 Å². The van der Waals surface area contributed by atoms with Gasteiger partial charge in [-0.2, -0.15) is 20.4 Å². The van der Waals surface area contributed by atoms with Crippen molar-refractivity contribution in [3.05, 3.63) is 144 Å². The van der Waals surface area contributed by atoms with E-state index in [4.69, 9.17) is 19.7 Å². The smallest absolute Gasteiger partial charge is 0.118 e. The lowest BCUT2D eigenvalue weighted by molar-refractivity contribution is 0.415. The van der Waals surface area contributed by atoms with E-state index in [1.54, 1.807) is 14.2 Å². The van der Waals surface area contributed by atoms with E-state index in [2.05, 4.69) is 44.7 Å². The zero-order chi connectivity index (χ0) is 30.1. The first-order valence-electron chi connectivity index (χ1n) is 14.3. The van der Waals surface area contributed by atoms with Gasteiger partial charge in [0.05, 0.1) is 48.4 Å². The van der Waals surface area contributed by atoms with Crippen molar-refractivity contribution in [1.29, 1.82) is 0 Å². The topological polar surface area (TPSA) is 101 Å². The van der Waals surface area contributed by atoms with Gasteiger partial charge in [0.15, 0.2) is 0 Å². The Morgan fingerprint density at radius 2 is 0.932 bits per heavy atom. The number of ether oxygens (including phenoxy) is 2. The van der Waals surface area contributed by atoms with Crippen LogP contribution in [0.2, 0.25) is 0 Å². The summed E-state index contributed by atoms with van der Waals surface area (Å²) in [5, 5.41) is 25.3. The number of nitrogens with one attached hydrogen (secondary N) is 2. The van der Waals surface area contributed by atoms with E-state index in [0.717, 1.165) is 68.0 Å². The number of aromatic amines is 2. The van der Waals surface area contributed by atoms with Gasteiger partial charge in [0.1, 0.15) is 11.5 Å². The number of rotatable bonds is 11. The molecular formula is C36H32N6O2. The summed E-state index contributed by atoms with van der Waals surface area (Å²) in [6.45, 7) is 0. The molecular weight excluding hydrogens is 548 g/mol. The molecule has 0 amide bonds. The predicted octanol–water partition coefficient (Wildman–Crippen LogP) is 7.16. The molecule has 218 valence electrons. The average molecular weight is 581 g/mol. The Bertz CT molecular complexity index is 1720. The lowest BCUT2D eigenvalue weighted by Gasteiger charge is -2.06. The minimum Gasteiger partial charge on any atom is -0.497 e. The molecule has 0 saturated carbocycles. The van der Waals surface area contributed by atoms with Crippen LogP contribution in [0.4, 0.5) is 0 Å². The second-order valence-corrected chi connectivity index (χ2v) is 10.2. The van der Waals surface area contributed by atoms with Crippen molar-refractivity contribution in [1.82, 2.24) is 20.4 Å². The molecule has 0 saturated heterocycles. The molecule has 8 heteroatoms. The molecule has 0 unspecified atom stereocenters. The van der Waals surface area contributed by atoms with Crippen LogP contribution in [-0.4, -0.2) is 46.0 Å². The molecule has 4 aromatic carbocycles. The van der Waals surface area contributed by atoms with Crippen LogP contribution in [0.5, 0.6) is 11.5 Å². The van der Waals surface area contributed by atoms with E-state index in [1.165, 1.54) is 0 Å². The first-order valence-corrected chi connectivity index (χ1v) is 14.3. The summed E-state index contributed by atoms with van der Waals surface area (Å²) in [5.74, 6) is 1.59. The van der Waals surface area contributed by atoms with Crippen LogP contribution in [0, 0.1) is 0 Å². The normalized spacial score (nSPS) is 11.9. The Morgan fingerprint density at radius 1 is 0.545 bits per heavy atom. The van der Waals surface area contributed by atoms with Crippen LogP contribution in [0.25, 0.3) is 22.5 Å². The third-order valence-electron chi connectivity index (χ3n) is 7.27.